The molecule has 7 heteroatoms. The Hall–Kier alpha value is -1.31. The first-order chi connectivity index (χ1) is 9.29. The molecular formula is C12H14N4OS2. The lowest BCUT2D eigenvalue weighted by atomic mass is 10.1. The molecule has 1 N–H and O–H groups in total. The summed E-state index contributed by atoms with van der Waals surface area (Å²) < 4.78 is 0. The first kappa shape index (κ1) is 12.7. The fourth-order valence-corrected chi connectivity index (χ4v) is 3.90. The Bertz CT molecular complexity index is 566. The van der Waals surface area contributed by atoms with Gasteiger partial charge in [0.15, 0.2) is 0 Å². The molecule has 3 rings (SSSR count). The van der Waals surface area contributed by atoms with Crippen LogP contribution in [-0.4, -0.2) is 34.6 Å². The van der Waals surface area contributed by atoms with Crippen molar-refractivity contribution >= 4 is 28.6 Å². The summed E-state index contributed by atoms with van der Waals surface area (Å²) in [6.45, 7) is 1.29. The van der Waals surface area contributed by atoms with E-state index in [4.69, 9.17) is 0 Å². The van der Waals surface area contributed by atoms with Crippen molar-refractivity contribution in [2.45, 2.75) is 19.0 Å². The average molecular weight is 294 g/mol. The van der Waals surface area contributed by atoms with E-state index in [1.807, 2.05) is 11.9 Å². The Morgan fingerprint density at radius 1 is 1.53 bits per heavy atom. The molecule has 5 nitrogen and oxygen atoms in total. The maximum Gasteiger partial charge on any atom is 0.245 e. The number of amides is 1. The van der Waals surface area contributed by atoms with Gasteiger partial charge in [-0.1, -0.05) is 0 Å². The molecule has 1 aliphatic rings. The van der Waals surface area contributed by atoms with Gasteiger partial charge in [0.2, 0.25) is 5.91 Å². The quantitative estimate of drug-likeness (QED) is 0.931. The summed E-state index contributed by atoms with van der Waals surface area (Å²) in [6, 6.07) is 1.89. The topological polar surface area (TPSA) is 58.1 Å². The molecule has 100 valence electrons. The number of nitrogens with one attached hydrogen (secondary N) is 1. The van der Waals surface area contributed by atoms with Crippen molar-refractivity contribution in [2.24, 2.45) is 0 Å². The van der Waals surface area contributed by atoms with E-state index in [9.17, 15) is 4.79 Å². The van der Waals surface area contributed by atoms with Gasteiger partial charge >= 0.3 is 0 Å². The van der Waals surface area contributed by atoms with Crippen LogP contribution in [0.5, 0.6) is 0 Å². The third kappa shape index (κ3) is 2.41. The Kier molecular flexibility index (Phi) is 3.58. The fourth-order valence-electron chi connectivity index (χ4n) is 2.31. The summed E-state index contributed by atoms with van der Waals surface area (Å²) in [5.74, 6) is 0.124. The molecule has 0 aliphatic carbocycles. The van der Waals surface area contributed by atoms with Crippen molar-refractivity contribution in [3.8, 4) is 0 Å². The number of thiophene rings is 1. The van der Waals surface area contributed by atoms with Gasteiger partial charge in [0, 0.05) is 11.4 Å². The van der Waals surface area contributed by atoms with Crippen molar-refractivity contribution in [3.63, 3.8) is 0 Å². The van der Waals surface area contributed by atoms with Gasteiger partial charge in [-0.05, 0) is 30.5 Å². The second kappa shape index (κ2) is 5.36. The van der Waals surface area contributed by atoms with Crippen LogP contribution < -0.4 is 5.32 Å². The van der Waals surface area contributed by atoms with Gasteiger partial charge in [0.05, 0.1) is 6.54 Å². The zero-order valence-corrected chi connectivity index (χ0v) is 12.1. The highest BCUT2D eigenvalue weighted by atomic mass is 32.1. The molecule has 1 aliphatic heterocycles. The minimum Gasteiger partial charge on any atom is -0.334 e. The van der Waals surface area contributed by atoms with Crippen LogP contribution >= 0.6 is 22.7 Å². The summed E-state index contributed by atoms with van der Waals surface area (Å²) in [5.41, 5.74) is 2.97. The zero-order valence-electron chi connectivity index (χ0n) is 10.5. The van der Waals surface area contributed by atoms with E-state index in [1.165, 1.54) is 16.9 Å². The normalized spacial score (nSPS) is 19.3. The molecule has 19 heavy (non-hydrogen) atoms. The second-order valence-corrected chi connectivity index (χ2v) is 6.24. The van der Waals surface area contributed by atoms with E-state index in [2.05, 4.69) is 27.0 Å². The van der Waals surface area contributed by atoms with Crippen molar-refractivity contribution in [1.82, 2.24) is 20.4 Å². The highest BCUT2D eigenvalue weighted by Gasteiger charge is 2.31. The predicted molar refractivity (Wildman–Crippen MR) is 75.1 cm³/mol. The predicted octanol–water partition coefficient (Wildman–Crippen LogP) is 1.44. The Labute approximate surface area is 119 Å². The largest absolute Gasteiger partial charge is 0.334 e. The summed E-state index contributed by atoms with van der Waals surface area (Å²) in [5, 5.41) is 13.9. The van der Waals surface area contributed by atoms with Gasteiger partial charge < -0.3 is 10.2 Å². The molecular weight excluding hydrogens is 280 g/mol. The summed E-state index contributed by atoms with van der Waals surface area (Å²) in [7, 11) is 1.83. The molecule has 0 bridgehead atoms. The van der Waals surface area contributed by atoms with E-state index >= 15 is 0 Å². The van der Waals surface area contributed by atoms with Crippen molar-refractivity contribution in [3.05, 3.63) is 32.4 Å². The van der Waals surface area contributed by atoms with E-state index in [0.717, 1.165) is 22.9 Å². The lowest BCUT2D eigenvalue weighted by Gasteiger charge is -2.23. The molecule has 0 saturated heterocycles. The number of carbonyl (C=O) groups excluding carboxylic acids is 1. The Balaban J connectivity index is 1.85. The zero-order chi connectivity index (χ0) is 13.2. The summed E-state index contributed by atoms with van der Waals surface area (Å²) in [6.07, 6.45) is 0.904. The van der Waals surface area contributed by atoms with E-state index in [1.54, 1.807) is 16.8 Å². The summed E-state index contributed by atoms with van der Waals surface area (Å²) >= 11 is 3.14. The average Bonchev–Trinajstić information content (AvgIpc) is 3.04. The number of carbonyl (C=O) groups is 1. The molecule has 0 saturated carbocycles. The van der Waals surface area contributed by atoms with Crippen LogP contribution in [0.4, 0.5) is 0 Å². The highest BCUT2D eigenvalue weighted by molar-refractivity contribution is 7.10. The highest BCUT2D eigenvalue weighted by Crippen LogP contribution is 2.30. The Morgan fingerprint density at radius 2 is 2.42 bits per heavy atom. The van der Waals surface area contributed by atoms with E-state index in [0.29, 0.717) is 6.54 Å². The molecule has 1 atom stereocenters. The van der Waals surface area contributed by atoms with Gasteiger partial charge in [-0.3, -0.25) is 4.79 Å². The van der Waals surface area contributed by atoms with E-state index in [-0.39, 0.29) is 11.9 Å². The molecule has 2 aromatic rings. The van der Waals surface area contributed by atoms with Crippen LogP contribution in [0, 0.1) is 0 Å². The summed E-state index contributed by atoms with van der Waals surface area (Å²) in [4.78, 5) is 15.6. The van der Waals surface area contributed by atoms with Crippen LogP contribution in [0.3, 0.4) is 0 Å². The van der Waals surface area contributed by atoms with Crippen LogP contribution in [0.25, 0.3) is 0 Å². The fraction of sp³-hybridized carbons (Fsp3) is 0.417. The Morgan fingerprint density at radius 3 is 3.16 bits per heavy atom. The first-order valence-electron chi connectivity index (χ1n) is 6.07. The SMILES string of the molecule is CNC1C(=O)N(Cc2nncs2)CCc2ccsc21. The van der Waals surface area contributed by atoms with Gasteiger partial charge in [-0.15, -0.1) is 32.9 Å². The van der Waals surface area contributed by atoms with Gasteiger partial charge in [-0.2, -0.15) is 0 Å². The maximum atomic E-state index is 12.6. The third-order valence-corrected chi connectivity index (χ3v) is 4.98. The van der Waals surface area contributed by atoms with Crippen LogP contribution in [0.15, 0.2) is 17.0 Å². The van der Waals surface area contributed by atoms with Crippen LogP contribution in [0.2, 0.25) is 0 Å². The van der Waals surface area contributed by atoms with Crippen LogP contribution in [-0.2, 0) is 17.8 Å². The smallest absolute Gasteiger partial charge is 0.245 e. The monoisotopic (exact) mass is 294 g/mol. The standard InChI is InChI=1S/C12H14N4OS2/c1-13-10-11-8(3-5-18-11)2-4-16(12(10)17)6-9-15-14-7-19-9/h3,5,7,10,13H,2,4,6H2,1H3. The number of rotatable bonds is 3. The molecule has 0 spiro atoms. The first-order valence-corrected chi connectivity index (χ1v) is 7.83. The number of fused-ring (bicyclic) bond motifs is 1. The molecule has 1 amide bonds. The molecule has 2 aromatic heterocycles. The van der Waals surface area contributed by atoms with Crippen molar-refractivity contribution in [2.75, 3.05) is 13.6 Å². The maximum absolute atomic E-state index is 12.6. The van der Waals surface area contributed by atoms with Crippen LogP contribution in [0.1, 0.15) is 21.5 Å². The third-order valence-electron chi connectivity index (χ3n) is 3.27. The number of nitrogens with zero attached hydrogens (tertiary/aromatic N) is 3. The molecule has 3 heterocycles. The minimum atomic E-state index is -0.231. The van der Waals surface area contributed by atoms with Crippen molar-refractivity contribution < 1.29 is 4.79 Å². The minimum absolute atomic E-state index is 0.124. The second-order valence-electron chi connectivity index (χ2n) is 4.37. The number of likely N-dealkylation sites (N-methyl/N-ethyl adjacent to an activating group) is 1. The number of hydrogen-bond donors (Lipinski definition) is 1. The molecule has 1 unspecified atom stereocenters. The van der Waals surface area contributed by atoms with Crippen molar-refractivity contribution in [1.29, 1.82) is 0 Å². The molecule has 0 radical (unpaired) electrons. The molecule has 0 fully saturated rings. The van der Waals surface area contributed by atoms with Gasteiger partial charge in [0.1, 0.15) is 16.6 Å². The van der Waals surface area contributed by atoms with E-state index < -0.39 is 0 Å². The number of hydrogen-bond acceptors (Lipinski definition) is 6. The lowest BCUT2D eigenvalue weighted by Crippen LogP contribution is -2.38. The molecule has 0 aromatic carbocycles. The van der Waals surface area contributed by atoms with Gasteiger partial charge in [0.25, 0.3) is 0 Å². The number of aromatic nitrogens is 2. The lowest BCUT2D eigenvalue weighted by molar-refractivity contribution is -0.133. The van der Waals surface area contributed by atoms with Gasteiger partial charge in [-0.25, -0.2) is 0 Å².